The van der Waals surface area contributed by atoms with Crippen LogP contribution in [0.15, 0.2) is 58.9 Å². The normalized spacial score (nSPS) is 33.2. The van der Waals surface area contributed by atoms with E-state index in [2.05, 4.69) is 41.3 Å². The van der Waals surface area contributed by atoms with E-state index >= 15 is 0 Å². The number of para-hydroxylation sites is 1. The molecule has 3 unspecified atom stereocenters. The van der Waals surface area contributed by atoms with Crippen LogP contribution in [0.5, 0.6) is 0 Å². The van der Waals surface area contributed by atoms with Crippen molar-refractivity contribution >= 4 is 5.69 Å². The third kappa shape index (κ3) is 1.54. The molecule has 0 bridgehead atoms. The van der Waals surface area contributed by atoms with Crippen molar-refractivity contribution in [3.8, 4) is 0 Å². The van der Waals surface area contributed by atoms with Crippen LogP contribution in [0.2, 0.25) is 0 Å². The molecule has 1 aromatic carbocycles. The van der Waals surface area contributed by atoms with Crippen molar-refractivity contribution in [2.45, 2.75) is 44.2 Å². The largest absolute Gasteiger partial charge is 0.489 e. The molecule has 2 aliphatic carbocycles. The monoisotopic (exact) mass is 303 g/mol. The van der Waals surface area contributed by atoms with E-state index in [-0.39, 0.29) is 0 Å². The van der Waals surface area contributed by atoms with Crippen LogP contribution in [-0.2, 0) is 11.2 Å². The molecule has 5 aliphatic rings. The van der Waals surface area contributed by atoms with Gasteiger partial charge in [0.25, 0.3) is 0 Å². The number of hydrogen-bond donors (Lipinski definition) is 0. The van der Waals surface area contributed by atoms with Gasteiger partial charge in [0.05, 0.1) is 11.8 Å². The Labute approximate surface area is 137 Å². The van der Waals surface area contributed by atoms with Crippen LogP contribution >= 0.6 is 0 Å². The minimum Gasteiger partial charge on any atom is -0.489 e. The summed E-state index contributed by atoms with van der Waals surface area (Å²) in [5.74, 6) is 1.85. The summed E-state index contributed by atoms with van der Waals surface area (Å²) in [6.07, 6.45) is 11.3. The first-order valence-electron chi connectivity index (χ1n) is 9.04. The number of anilines is 1. The molecule has 0 fully saturated rings. The standard InChI is InChI=1S/C21H21NO/c1-3-7-17-13(5-1)11-18-20-14(12-22(17)18)9-10-16-15-6-2-4-8-19(15)23-21(16)20/h1,3,5,7,9-10,16,18,21H,2,4,6,8,11-12H2. The number of benzene rings is 1. The highest BCUT2D eigenvalue weighted by Crippen LogP contribution is 2.51. The lowest BCUT2D eigenvalue weighted by atomic mass is 9.79. The van der Waals surface area contributed by atoms with Crippen LogP contribution in [0.25, 0.3) is 0 Å². The molecule has 23 heavy (non-hydrogen) atoms. The summed E-state index contributed by atoms with van der Waals surface area (Å²) in [5.41, 5.74) is 7.66. The predicted octanol–water partition coefficient (Wildman–Crippen LogP) is 4.14. The van der Waals surface area contributed by atoms with E-state index in [1.54, 1.807) is 11.1 Å². The van der Waals surface area contributed by atoms with Gasteiger partial charge in [0.2, 0.25) is 0 Å². The van der Waals surface area contributed by atoms with E-state index in [1.807, 2.05) is 0 Å². The average molecular weight is 303 g/mol. The molecule has 2 heteroatoms. The Morgan fingerprint density at radius 3 is 3.00 bits per heavy atom. The number of fused-ring (bicyclic) bond motifs is 7. The molecule has 6 rings (SSSR count). The van der Waals surface area contributed by atoms with Gasteiger partial charge in [-0.3, -0.25) is 0 Å². The molecule has 116 valence electrons. The van der Waals surface area contributed by atoms with Crippen LogP contribution in [0.4, 0.5) is 5.69 Å². The molecule has 2 nitrogen and oxygen atoms in total. The molecule has 3 heterocycles. The van der Waals surface area contributed by atoms with Crippen molar-refractivity contribution < 1.29 is 4.74 Å². The minimum absolute atomic E-state index is 0.294. The minimum atomic E-state index is 0.294. The van der Waals surface area contributed by atoms with Gasteiger partial charge in [0.1, 0.15) is 6.10 Å². The third-order valence-corrected chi connectivity index (χ3v) is 6.43. The highest BCUT2D eigenvalue weighted by Gasteiger charge is 2.48. The second kappa shape index (κ2) is 4.31. The summed E-state index contributed by atoms with van der Waals surface area (Å²) in [7, 11) is 0. The smallest absolute Gasteiger partial charge is 0.132 e. The van der Waals surface area contributed by atoms with Crippen LogP contribution in [0.1, 0.15) is 31.2 Å². The molecule has 0 aromatic heterocycles. The van der Waals surface area contributed by atoms with E-state index in [0.29, 0.717) is 18.1 Å². The van der Waals surface area contributed by atoms with Crippen molar-refractivity contribution in [1.29, 1.82) is 0 Å². The summed E-state index contributed by atoms with van der Waals surface area (Å²) in [5, 5.41) is 0. The number of ether oxygens (including phenoxy) is 1. The van der Waals surface area contributed by atoms with Crippen LogP contribution in [-0.4, -0.2) is 18.7 Å². The fraction of sp³-hybridized carbons (Fsp3) is 0.429. The van der Waals surface area contributed by atoms with Gasteiger partial charge in [0.15, 0.2) is 0 Å². The van der Waals surface area contributed by atoms with Gasteiger partial charge in [0, 0.05) is 24.6 Å². The van der Waals surface area contributed by atoms with Gasteiger partial charge >= 0.3 is 0 Å². The molecule has 0 N–H and O–H groups in total. The zero-order valence-electron chi connectivity index (χ0n) is 13.3. The molecule has 3 aliphatic heterocycles. The third-order valence-electron chi connectivity index (χ3n) is 6.43. The second-order valence-electron chi connectivity index (χ2n) is 7.54. The van der Waals surface area contributed by atoms with Gasteiger partial charge in [-0.25, -0.2) is 0 Å². The molecule has 1 aromatic rings. The lowest BCUT2D eigenvalue weighted by Crippen LogP contribution is -2.34. The Kier molecular flexibility index (Phi) is 2.34. The lowest BCUT2D eigenvalue weighted by molar-refractivity contribution is 0.142. The Hall–Kier alpha value is -1.96. The first kappa shape index (κ1) is 12.5. The summed E-state index contributed by atoms with van der Waals surface area (Å²) >= 11 is 0. The fourth-order valence-electron chi connectivity index (χ4n) is 5.42. The lowest BCUT2D eigenvalue weighted by Gasteiger charge is -2.28. The summed E-state index contributed by atoms with van der Waals surface area (Å²) in [6, 6.07) is 9.45. The zero-order valence-corrected chi connectivity index (χ0v) is 13.3. The maximum atomic E-state index is 6.53. The highest BCUT2D eigenvalue weighted by atomic mass is 16.5. The van der Waals surface area contributed by atoms with Crippen molar-refractivity contribution in [1.82, 2.24) is 0 Å². The quantitative estimate of drug-likeness (QED) is 0.714. The van der Waals surface area contributed by atoms with Crippen molar-refractivity contribution in [3.63, 3.8) is 0 Å². The van der Waals surface area contributed by atoms with Crippen molar-refractivity contribution in [3.05, 3.63) is 64.5 Å². The van der Waals surface area contributed by atoms with Crippen LogP contribution < -0.4 is 4.90 Å². The van der Waals surface area contributed by atoms with Gasteiger partial charge in [-0.2, -0.15) is 0 Å². The Morgan fingerprint density at radius 1 is 1.09 bits per heavy atom. The van der Waals surface area contributed by atoms with Gasteiger partial charge in [-0.1, -0.05) is 30.4 Å². The van der Waals surface area contributed by atoms with E-state index in [4.69, 9.17) is 4.74 Å². The Balaban J connectivity index is 1.40. The SMILES string of the molecule is C1=CC2C3=C(CCCC3)OC2C2=C1CN1c3ccccc3CC21. The molecular formula is C21H21NO. The molecule has 0 saturated heterocycles. The first-order valence-corrected chi connectivity index (χ1v) is 9.04. The first-order chi connectivity index (χ1) is 11.4. The van der Waals surface area contributed by atoms with Gasteiger partial charge in [-0.15, -0.1) is 0 Å². The predicted molar refractivity (Wildman–Crippen MR) is 91.3 cm³/mol. The number of nitrogens with zero attached hydrogens (tertiary/aromatic N) is 1. The fourth-order valence-corrected chi connectivity index (χ4v) is 5.42. The van der Waals surface area contributed by atoms with E-state index in [9.17, 15) is 0 Å². The number of hydrogen-bond acceptors (Lipinski definition) is 2. The van der Waals surface area contributed by atoms with Gasteiger partial charge in [-0.05, 0) is 54.0 Å². The molecule has 0 spiro atoms. The topological polar surface area (TPSA) is 12.5 Å². The van der Waals surface area contributed by atoms with E-state index in [1.165, 1.54) is 41.8 Å². The van der Waals surface area contributed by atoms with Crippen LogP contribution in [0.3, 0.4) is 0 Å². The van der Waals surface area contributed by atoms with Crippen molar-refractivity contribution in [2.24, 2.45) is 5.92 Å². The molecule has 0 radical (unpaired) electrons. The summed E-state index contributed by atoms with van der Waals surface area (Å²) in [6.45, 7) is 1.06. The van der Waals surface area contributed by atoms with Gasteiger partial charge < -0.3 is 9.64 Å². The Bertz CT molecular complexity index is 800. The Morgan fingerprint density at radius 2 is 2.00 bits per heavy atom. The second-order valence-corrected chi connectivity index (χ2v) is 7.54. The zero-order chi connectivity index (χ0) is 15.0. The van der Waals surface area contributed by atoms with Crippen molar-refractivity contribution in [2.75, 3.05) is 11.4 Å². The van der Waals surface area contributed by atoms with E-state index in [0.717, 1.165) is 19.4 Å². The maximum Gasteiger partial charge on any atom is 0.132 e. The molecule has 0 saturated carbocycles. The van der Waals surface area contributed by atoms with E-state index < -0.39 is 0 Å². The summed E-state index contributed by atoms with van der Waals surface area (Å²) in [4.78, 5) is 2.60. The molecule has 3 atom stereocenters. The van der Waals surface area contributed by atoms with Crippen LogP contribution in [0, 0.1) is 5.92 Å². The highest BCUT2D eigenvalue weighted by molar-refractivity contribution is 5.68. The number of rotatable bonds is 0. The summed E-state index contributed by atoms with van der Waals surface area (Å²) < 4.78 is 6.53. The number of allylic oxidation sites excluding steroid dienone is 1. The molecular weight excluding hydrogens is 282 g/mol. The average Bonchev–Trinajstić information content (AvgIpc) is 3.23. The maximum absolute atomic E-state index is 6.53. The molecule has 0 amide bonds.